The Morgan fingerprint density at radius 1 is 1.19 bits per heavy atom. The average Bonchev–Trinajstić information content (AvgIpc) is 3.02. The van der Waals surface area contributed by atoms with Gasteiger partial charge in [-0.15, -0.1) is 11.3 Å². The molecule has 3 aromatic rings. The van der Waals surface area contributed by atoms with E-state index in [2.05, 4.69) is 10.3 Å². The van der Waals surface area contributed by atoms with Crippen LogP contribution in [0.2, 0.25) is 10.0 Å². The third-order valence-electron chi connectivity index (χ3n) is 4.79. The number of carbonyl (C=O) groups is 2. The largest absolute Gasteiger partial charge is 0.479 e. The van der Waals surface area contributed by atoms with Crippen LogP contribution in [0.15, 0.2) is 36.4 Å². The predicted octanol–water partition coefficient (Wildman–Crippen LogP) is 5.49. The fraction of sp³-hybridized carbons (Fsp3) is 0.227. The van der Waals surface area contributed by atoms with E-state index in [4.69, 9.17) is 27.9 Å². The predicted molar refractivity (Wildman–Crippen MR) is 125 cm³/mol. The molecule has 2 aromatic carbocycles. The minimum atomic E-state index is -0.699. The van der Waals surface area contributed by atoms with Crippen molar-refractivity contribution in [1.82, 2.24) is 4.98 Å². The summed E-state index contributed by atoms with van der Waals surface area (Å²) in [5.74, 6) is -0.132. The summed E-state index contributed by atoms with van der Waals surface area (Å²) >= 11 is 13.6. The van der Waals surface area contributed by atoms with Gasteiger partial charge in [-0.25, -0.2) is 4.98 Å². The number of amides is 2. The summed E-state index contributed by atoms with van der Waals surface area (Å²) in [5, 5.41) is 4.51. The number of thiazole rings is 1. The molecule has 6 nitrogen and oxygen atoms in total. The van der Waals surface area contributed by atoms with Crippen molar-refractivity contribution in [3.05, 3.63) is 56.3 Å². The summed E-state index contributed by atoms with van der Waals surface area (Å²) in [7, 11) is 0. The van der Waals surface area contributed by atoms with E-state index in [-0.39, 0.29) is 18.4 Å². The summed E-state index contributed by atoms with van der Waals surface area (Å²) < 4.78 is 5.76. The number of hydrogen-bond acceptors (Lipinski definition) is 5. The molecule has 1 aliphatic heterocycles. The standard InChI is InChI=1S/C22H19Cl2N3O3S/c1-11-22(29)27(10-20(28)26-17-8-15(23)7-16(24)9-17)18-6-14(4-5-19(18)30-11)21-12(2)31-13(3)25-21/h4-9,11H,10H2,1-3H3,(H,26,28). The van der Waals surface area contributed by atoms with Gasteiger partial charge in [0, 0.05) is 26.2 Å². The summed E-state index contributed by atoms with van der Waals surface area (Å²) in [5.41, 5.74) is 2.71. The fourth-order valence-electron chi connectivity index (χ4n) is 3.48. The Bertz CT molecular complexity index is 1170. The number of nitrogens with zero attached hydrogens (tertiary/aromatic N) is 2. The Hall–Kier alpha value is -2.61. The summed E-state index contributed by atoms with van der Waals surface area (Å²) in [4.78, 5) is 32.7. The van der Waals surface area contributed by atoms with Crippen molar-refractivity contribution in [3.63, 3.8) is 0 Å². The number of halogens is 2. The van der Waals surface area contributed by atoms with Gasteiger partial charge in [0.05, 0.1) is 16.4 Å². The maximum absolute atomic E-state index is 12.9. The first-order chi connectivity index (χ1) is 14.7. The highest BCUT2D eigenvalue weighted by Gasteiger charge is 2.33. The Morgan fingerprint density at radius 2 is 1.90 bits per heavy atom. The van der Waals surface area contributed by atoms with E-state index in [1.807, 2.05) is 32.0 Å². The number of hydrogen-bond donors (Lipinski definition) is 1. The van der Waals surface area contributed by atoms with Crippen molar-refractivity contribution in [1.29, 1.82) is 0 Å². The average molecular weight is 476 g/mol. The second kappa shape index (κ2) is 8.49. The third-order valence-corrected chi connectivity index (χ3v) is 6.11. The molecule has 0 fully saturated rings. The molecule has 31 heavy (non-hydrogen) atoms. The molecule has 4 rings (SSSR count). The van der Waals surface area contributed by atoms with Crippen LogP contribution in [0.25, 0.3) is 11.3 Å². The maximum Gasteiger partial charge on any atom is 0.268 e. The van der Waals surface area contributed by atoms with Gasteiger partial charge < -0.3 is 10.1 Å². The first-order valence-corrected chi connectivity index (χ1v) is 11.1. The van der Waals surface area contributed by atoms with Crippen molar-refractivity contribution in [2.75, 3.05) is 16.8 Å². The highest BCUT2D eigenvalue weighted by Crippen LogP contribution is 2.38. The Kier molecular flexibility index (Phi) is 5.92. The second-order valence-electron chi connectivity index (χ2n) is 7.21. The van der Waals surface area contributed by atoms with E-state index in [1.165, 1.54) is 4.90 Å². The molecular weight excluding hydrogens is 457 g/mol. The number of ether oxygens (including phenoxy) is 1. The van der Waals surface area contributed by atoms with Crippen LogP contribution >= 0.6 is 34.5 Å². The molecule has 0 saturated carbocycles. The van der Waals surface area contributed by atoms with E-state index >= 15 is 0 Å². The van der Waals surface area contributed by atoms with Crippen LogP contribution in [-0.2, 0) is 9.59 Å². The smallest absolute Gasteiger partial charge is 0.268 e. The Labute approximate surface area is 193 Å². The minimum Gasteiger partial charge on any atom is -0.479 e. The quantitative estimate of drug-likeness (QED) is 0.541. The zero-order valence-electron chi connectivity index (χ0n) is 17.0. The van der Waals surface area contributed by atoms with Crippen LogP contribution in [0.3, 0.4) is 0 Å². The van der Waals surface area contributed by atoms with Crippen molar-refractivity contribution < 1.29 is 14.3 Å². The Morgan fingerprint density at radius 3 is 2.55 bits per heavy atom. The molecule has 0 radical (unpaired) electrons. The summed E-state index contributed by atoms with van der Waals surface area (Å²) in [6, 6.07) is 10.3. The monoisotopic (exact) mass is 475 g/mol. The van der Waals surface area contributed by atoms with Crippen molar-refractivity contribution >= 4 is 57.7 Å². The van der Waals surface area contributed by atoms with Gasteiger partial charge in [0.1, 0.15) is 12.3 Å². The first-order valence-electron chi connectivity index (χ1n) is 9.53. The molecule has 0 aliphatic carbocycles. The minimum absolute atomic E-state index is 0.178. The topological polar surface area (TPSA) is 71.5 Å². The SMILES string of the molecule is Cc1nc(-c2ccc3c(c2)N(CC(=O)Nc2cc(Cl)cc(Cl)c2)C(=O)C(C)O3)c(C)s1. The van der Waals surface area contributed by atoms with Crippen LogP contribution in [-0.4, -0.2) is 29.4 Å². The zero-order chi connectivity index (χ0) is 22.3. The van der Waals surface area contributed by atoms with Gasteiger partial charge >= 0.3 is 0 Å². The van der Waals surface area contributed by atoms with Gasteiger partial charge in [-0.3, -0.25) is 14.5 Å². The van der Waals surface area contributed by atoms with Crippen LogP contribution < -0.4 is 15.0 Å². The Balaban J connectivity index is 1.64. The molecule has 1 aliphatic rings. The number of carbonyl (C=O) groups excluding carboxylic acids is 2. The lowest BCUT2D eigenvalue weighted by Crippen LogP contribution is -2.47. The van der Waals surface area contributed by atoms with E-state index in [9.17, 15) is 9.59 Å². The zero-order valence-corrected chi connectivity index (χ0v) is 19.4. The maximum atomic E-state index is 12.9. The number of benzene rings is 2. The highest BCUT2D eigenvalue weighted by molar-refractivity contribution is 7.11. The van der Waals surface area contributed by atoms with E-state index in [1.54, 1.807) is 36.5 Å². The summed E-state index contributed by atoms with van der Waals surface area (Å²) in [6.07, 6.45) is -0.699. The summed E-state index contributed by atoms with van der Waals surface area (Å²) in [6.45, 7) is 5.44. The molecule has 9 heteroatoms. The van der Waals surface area contributed by atoms with Crippen LogP contribution in [0.5, 0.6) is 5.75 Å². The van der Waals surface area contributed by atoms with Crippen molar-refractivity contribution in [2.24, 2.45) is 0 Å². The second-order valence-corrected chi connectivity index (χ2v) is 9.49. The van der Waals surface area contributed by atoms with E-state index < -0.39 is 6.10 Å². The number of aromatic nitrogens is 1. The van der Waals surface area contributed by atoms with Gasteiger partial charge in [-0.05, 0) is 57.2 Å². The highest BCUT2D eigenvalue weighted by atomic mass is 35.5. The van der Waals surface area contributed by atoms with Crippen LogP contribution in [0, 0.1) is 13.8 Å². The van der Waals surface area contributed by atoms with E-state index in [0.29, 0.717) is 27.2 Å². The third kappa shape index (κ3) is 4.54. The first kappa shape index (κ1) is 21.6. The fourth-order valence-corrected chi connectivity index (χ4v) is 4.85. The number of anilines is 2. The lowest BCUT2D eigenvalue weighted by molar-refractivity contribution is -0.127. The molecule has 0 bridgehead atoms. The van der Waals surface area contributed by atoms with Crippen molar-refractivity contribution in [3.8, 4) is 17.0 Å². The van der Waals surface area contributed by atoms with Gasteiger partial charge in [0.2, 0.25) is 5.91 Å². The molecule has 2 amide bonds. The number of aryl methyl sites for hydroxylation is 2. The molecular formula is C22H19Cl2N3O3S. The van der Waals surface area contributed by atoms with Gasteiger partial charge in [-0.2, -0.15) is 0 Å². The molecule has 0 spiro atoms. The van der Waals surface area contributed by atoms with E-state index in [0.717, 1.165) is 21.1 Å². The lowest BCUT2D eigenvalue weighted by atomic mass is 10.1. The van der Waals surface area contributed by atoms with Gasteiger partial charge in [-0.1, -0.05) is 23.2 Å². The molecule has 1 atom stereocenters. The van der Waals surface area contributed by atoms with Crippen LogP contribution in [0.4, 0.5) is 11.4 Å². The van der Waals surface area contributed by atoms with Crippen molar-refractivity contribution in [2.45, 2.75) is 26.9 Å². The normalized spacial score (nSPS) is 15.5. The number of rotatable bonds is 4. The molecule has 1 N–H and O–H groups in total. The molecule has 2 heterocycles. The lowest BCUT2D eigenvalue weighted by Gasteiger charge is -2.33. The molecule has 0 saturated heterocycles. The number of fused-ring (bicyclic) bond motifs is 1. The van der Waals surface area contributed by atoms with Gasteiger partial charge in [0.15, 0.2) is 6.10 Å². The number of nitrogens with one attached hydrogen (secondary N) is 1. The molecule has 1 unspecified atom stereocenters. The van der Waals surface area contributed by atoms with Gasteiger partial charge in [0.25, 0.3) is 5.91 Å². The van der Waals surface area contributed by atoms with Crippen LogP contribution in [0.1, 0.15) is 16.8 Å². The molecule has 160 valence electrons. The molecule has 1 aromatic heterocycles.